The molecule has 6 nitrogen and oxygen atoms in total. The normalized spacial score (nSPS) is 25.3. The second kappa shape index (κ2) is 12.5. The molecule has 252 valence electrons. The highest BCUT2D eigenvalue weighted by molar-refractivity contribution is 5.73. The molecule has 0 radical (unpaired) electrons. The predicted octanol–water partition coefficient (Wildman–Crippen LogP) is 8.66. The Morgan fingerprint density at radius 2 is 1.04 bits per heavy atom. The monoisotopic (exact) mass is 632 g/mol. The molecule has 0 saturated heterocycles. The van der Waals surface area contributed by atoms with E-state index in [1.54, 1.807) is 0 Å². The van der Waals surface area contributed by atoms with Crippen LogP contribution < -0.4 is 9.47 Å². The van der Waals surface area contributed by atoms with E-state index in [-0.39, 0.29) is 36.0 Å². The molecule has 4 aliphatic carbocycles. The van der Waals surface area contributed by atoms with Gasteiger partial charge in [-0.05, 0) is 115 Å². The maximum absolute atomic E-state index is 13.3. The van der Waals surface area contributed by atoms with Gasteiger partial charge in [0.15, 0.2) is 13.2 Å². The van der Waals surface area contributed by atoms with Gasteiger partial charge in [-0.1, -0.05) is 79.7 Å². The van der Waals surface area contributed by atoms with Crippen LogP contribution in [0.2, 0.25) is 0 Å². The fourth-order valence-electron chi connectivity index (χ4n) is 8.64. The number of esters is 2. The van der Waals surface area contributed by atoms with Crippen molar-refractivity contribution in [2.45, 2.75) is 143 Å². The Hall–Kier alpha value is -3.02. The van der Waals surface area contributed by atoms with Crippen LogP contribution in [0.3, 0.4) is 0 Å². The van der Waals surface area contributed by atoms with E-state index in [0.29, 0.717) is 18.3 Å². The minimum Gasteiger partial charge on any atom is -0.481 e. The van der Waals surface area contributed by atoms with Crippen molar-refractivity contribution in [3.63, 3.8) is 0 Å². The van der Waals surface area contributed by atoms with Gasteiger partial charge in [0.2, 0.25) is 0 Å². The highest BCUT2D eigenvalue weighted by Crippen LogP contribution is 2.60. The zero-order chi connectivity index (χ0) is 33.7. The summed E-state index contributed by atoms with van der Waals surface area (Å²) in [6.07, 6.45) is 6.58. The Morgan fingerprint density at radius 1 is 0.674 bits per heavy atom. The molecular weight excluding hydrogens is 576 g/mol. The Kier molecular flexibility index (Phi) is 9.36. The number of carbonyl (C=O) groups is 2. The highest BCUT2D eigenvalue weighted by atomic mass is 16.6. The lowest BCUT2D eigenvalue weighted by molar-refractivity contribution is -0.232. The van der Waals surface area contributed by atoms with E-state index < -0.39 is 11.2 Å². The average molecular weight is 633 g/mol. The lowest BCUT2D eigenvalue weighted by Gasteiger charge is -2.60. The van der Waals surface area contributed by atoms with Crippen LogP contribution in [0.5, 0.6) is 11.5 Å². The molecule has 46 heavy (non-hydrogen) atoms. The van der Waals surface area contributed by atoms with E-state index in [4.69, 9.17) is 18.9 Å². The van der Waals surface area contributed by atoms with Crippen molar-refractivity contribution in [3.8, 4) is 11.5 Å². The van der Waals surface area contributed by atoms with Crippen molar-refractivity contribution < 1.29 is 28.5 Å². The minimum absolute atomic E-state index is 0.0330. The lowest BCUT2D eigenvalue weighted by atomic mass is 9.52. The molecule has 0 unspecified atom stereocenters. The van der Waals surface area contributed by atoms with Crippen LogP contribution in [0.4, 0.5) is 0 Å². The third-order valence-electron chi connectivity index (χ3n) is 10.5. The molecule has 0 atom stereocenters. The van der Waals surface area contributed by atoms with Crippen LogP contribution in [0.25, 0.3) is 0 Å². The zero-order valence-electron chi connectivity index (χ0n) is 30.0. The van der Waals surface area contributed by atoms with Crippen LogP contribution in [-0.2, 0) is 42.7 Å². The Bertz CT molecular complexity index is 1350. The van der Waals surface area contributed by atoms with E-state index in [0.717, 1.165) is 78.7 Å². The summed E-state index contributed by atoms with van der Waals surface area (Å²) in [4.78, 5) is 26.7. The first-order valence-corrected chi connectivity index (χ1v) is 17.4. The molecule has 0 N–H and O–H groups in total. The number of hydrogen-bond acceptors (Lipinski definition) is 6. The van der Waals surface area contributed by atoms with Gasteiger partial charge in [-0.15, -0.1) is 0 Å². The van der Waals surface area contributed by atoms with Crippen LogP contribution in [0.15, 0.2) is 24.3 Å². The molecule has 6 rings (SSSR count). The van der Waals surface area contributed by atoms with Gasteiger partial charge in [0.25, 0.3) is 0 Å². The third kappa shape index (κ3) is 7.26. The molecule has 4 fully saturated rings. The SMILES string of the molecule is CCc1cc(C(C)(C)C)cc(C)c1OCC(=O)OC12CC3CC(C1)CC(OC(=O)COc1c(C)cc(C(C)(C)C)cc1CC)(C3)C2. The van der Waals surface area contributed by atoms with Crippen molar-refractivity contribution in [2.75, 3.05) is 13.2 Å². The van der Waals surface area contributed by atoms with Crippen molar-refractivity contribution in [2.24, 2.45) is 11.8 Å². The van der Waals surface area contributed by atoms with Crippen LogP contribution in [0.1, 0.15) is 127 Å². The molecule has 0 spiro atoms. The summed E-state index contributed by atoms with van der Waals surface area (Å²) in [5.41, 5.74) is 5.64. The second-order valence-corrected chi connectivity index (χ2v) is 16.6. The summed E-state index contributed by atoms with van der Waals surface area (Å²) in [5.74, 6) is 1.60. The molecule has 6 heteroatoms. The number of rotatable bonds is 10. The maximum atomic E-state index is 13.3. The molecule has 0 aliphatic heterocycles. The van der Waals surface area contributed by atoms with E-state index in [2.05, 4.69) is 79.7 Å². The quantitative estimate of drug-likeness (QED) is 0.244. The van der Waals surface area contributed by atoms with Gasteiger partial charge in [-0.3, -0.25) is 0 Å². The molecule has 0 aromatic heterocycles. The van der Waals surface area contributed by atoms with Crippen molar-refractivity contribution in [1.29, 1.82) is 0 Å². The van der Waals surface area contributed by atoms with E-state index in [1.807, 2.05) is 13.8 Å². The number of hydrogen-bond donors (Lipinski definition) is 0. The molecule has 0 amide bonds. The summed E-state index contributed by atoms with van der Waals surface area (Å²) in [6.45, 7) is 21.3. The standard InChI is InChI=1S/C40H56O6/c1-11-29-16-31(37(5,6)7)13-25(3)35(29)43-22-33(41)45-39-18-27-15-28(19-39)21-40(20-27,24-39)46-34(42)23-44-36-26(4)14-32(38(8,9)10)17-30(36)12-2/h13-14,16-17,27-28H,11-12,15,18-24H2,1-10H3. The van der Waals surface area contributed by atoms with Gasteiger partial charge in [-0.2, -0.15) is 0 Å². The van der Waals surface area contributed by atoms with Crippen molar-refractivity contribution in [3.05, 3.63) is 57.6 Å². The number of benzene rings is 2. The molecule has 2 aromatic carbocycles. The highest BCUT2D eigenvalue weighted by Gasteiger charge is 2.61. The van der Waals surface area contributed by atoms with Crippen molar-refractivity contribution >= 4 is 11.9 Å². The fourth-order valence-corrected chi connectivity index (χ4v) is 8.64. The summed E-state index contributed by atoms with van der Waals surface area (Å²) in [6, 6.07) is 8.71. The zero-order valence-corrected chi connectivity index (χ0v) is 30.0. The smallest absolute Gasteiger partial charge is 0.344 e. The molecule has 2 aromatic rings. The van der Waals surface area contributed by atoms with E-state index in [9.17, 15) is 9.59 Å². The molecular formula is C40H56O6. The topological polar surface area (TPSA) is 71.1 Å². The second-order valence-electron chi connectivity index (χ2n) is 16.6. The maximum Gasteiger partial charge on any atom is 0.344 e. The number of ether oxygens (including phenoxy) is 4. The largest absolute Gasteiger partial charge is 0.481 e. The third-order valence-corrected chi connectivity index (χ3v) is 10.5. The first kappa shape index (κ1) is 34.3. The average Bonchev–Trinajstić information content (AvgIpc) is 2.92. The Labute approximate surface area is 276 Å². The van der Waals surface area contributed by atoms with Crippen LogP contribution in [-0.4, -0.2) is 36.4 Å². The molecule has 4 aliphatic rings. The Morgan fingerprint density at radius 3 is 1.37 bits per heavy atom. The van der Waals surface area contributed by atoms with Gasteiger partial charge in [0.1, 0.15) is 22.7 Å². The van der Waals surface area contributed by atoms with E-state index >= 15 is 0 Å². The summed E-state index contributed by atoms with van der Waals surface area (Å²) >= 11 is 0. The summed E-state index contributed by atoms with van der Waals surface area (Å²) in [7, 11) is 0. The minimum atomic E-state index is -0.612. The Balaban J connectivity index is 1.23. The summed E-state index contributed by atoms with van der Waals surface area (Å²) in [5, 5.41) is 0. The summed E-state index contributed by atoms with van der Waals surface area (Å²) < 4.78 is 24.9. The van der Waals surface area contributed by atoms with Gasteiger partial charge in [-0.25, -0.2) is 9.59 Å². The van der Waals surface area contributed by atoms with Gasteiger partial charge in [0, 0.05) is 6.42 Å². The molecule has 0 heterocycles. The molecule has 4 bridgehead atoms. The first-order valence-electron chi connectivity index (χ1n) is 17.4. The van der Waals surface area contributed by atoms with E-state index in [1.165, 1.54) is 11.1 Å². The molecule has 4 saturated carbocycles. The van der Waals surface area contributed by atoms with Gasteiger partial charge < -0.3 is 18.9 Å². The number of aryl methyl sites for hydroxylation is 4. The number of carbonyl (C=O) groups excluding carboxylic acids is 2. The van der Waals surface area contributed by atoms with Crippen LogP contribution in [0, 0.1) is 25.7 Å². The van der Waals surface area contributed by atoms with Gasteiger partial charge >= 0.3 is 11.9 Å². The predicted molar refractivity (Wildman–Crippen MR) is 182 cm³/mol. The first-order chi connectivity index (χ1) is 21.4. The van der Waals surface area contributed by atoms with Gasteiger partial charge in [0.05, 0.1) is 0 Å². The lowest BCUT2D eigenvalue weighted by Crippen LogP contribution is -2.62. The fraction of sp³-hybridized carbons (Fsp3) is 0.650. The van der Waals surface area contributed by atoms with Crippen LogP contribution >= 0.6 is 0 Å². The van der Waals surface area contributed by atoms with Crippen molar-refractivity contribution in [1.82, 2.24) is 0 Å².